The quantitative estimate of drug-likeness (QED) is 0.267. The number of non-ortho nitro benzene ring substituents is 1. The number of hydrogen-bond donors (Lipinski definition) is 3. The summed E-state index contributed by atoms with van der Waals surface area (Å²) in [5.74, 6) is -0.0515. The van der Waals surface area contributed by atoms with Crippen molar-refractivity contribution in [2.75, 3.05) is 10.6 Å². The number of hydrogen-bond acceptors (Lipinski definition) is 7. The second-order valence-electron chi connectivity index (χ2n) is 7.08. The highest BCUT2D eigenvalue weighted by molar-refractivity contribution is 6.09. The first-order chi connectivity index (χ1) is 16.0. The van der Waals surface area contributed by atoms with Crippen molar-refractivity contribution in [3.05, 3.63) is 88.6 Å². The first kappa shape index (κ1) is 20.0. The highest BCUT2D eigenvalue weighted by atomic mass is 19.1. The lowest BCUT2D eigenvalue weighted by atomic mass is 10.2. The number of amides is 1. The number of carbonyl (C=O) groups is 1. The number of halogens is 1. The van der Waals surface area contributed by atoms with Crippen LogP contribution in [-0.4, -0.2) is 30.8 Å². The SMILES string of the molecule is O=C(Nc1ccc(Nc2ncnc3c2[nH]c2cc([N+](=O)[O-])ccc23)cn1)c1ccc(F)cc1. The summed E-state index contributed by atoms with van der Waals surface area (Å²) in [5.41, 5.74) is 2.65. The van der Waals surface area contributed by atoms with Gasteiger partial charge in [0.1, 0.15) is 29.0 Å². The number of fused-ring (bicyclic) bond motifs is 3. The molecule has 0 aliphatic carbocycles. The third-order valence-electron chi connectivity index (χ3n) is 4.95. The normalized spacial score (nSPS) is 10.9. The maximum absolute atomic E-state index is 13.0. The summed E-state index contributed by atoms with van der Waals surface area (Å²) in [7, 11) is 0. The number of anilines is 3. The van der Waals surface area contributed by atoms with Crippen LogP contribution in [0.2, 0.25) is 0 Å². The van der Waals surface area contributed by atoms with E-state index < -0.39 is 16.6 Å². The van der Waals surface area contributed by atoms with Crippen molar-refractivity contribution in [1.29, 1.82) is 0 Å². The highest BCUT2D eigenvalue weighted by Gasteiger charge is 2.14. The van der Waals surface area contributed by atoms with Crippen molar-refractivity contribution in [2.45, 2.75) is 0 Å². The van der Waals surface area contributed by atoms with Crippen LogP contribution in [-0.2, 0) is 0 Å². The Kier molecular flexibility index (Phi) is 4.83. The largest absolute Gasteiger partial charge is 0.350 e. The summed E-state index contributed by atoms with van der Waals surface area (Å²) in [6.07, 6.45) is 2.91. The number of nitrogens with zero attached hydrogens (tertiary/aromatic N) is 4. The average Bonchev–Trinajstić information content (AvgIpc) is 3.20. The Morgan fingerprint density at radius 1 is 1.03 bits per heavy atom. The molecule has 3 heterocycles. The minimum Gasteiger partial charge on any atom is -0.350 e. The number of nitro benzene ring substituents is 1. The van der Waals surface area contributed by atoms with E-state index in [1.54, 1.807) is 18.2 Å². The van der Waals surface area contributed by atoms with Gasteiger partial charge in [-0.1, -0.05) is 0 Å². The molecular formula is C22H14FN7O3. The van der Waals surface area contributed by atoms with E-state index in [1.807, 2.05) is 0 Å². The van der Waals surface area contributed by atoms with Crippen LogP contribution in [0.3, 0.4) is 0 Å². The van der Waals surface area contributed by atoms with E-state index in [0.717, 1.165) is 5.39 Å². The van der Waals surface area contributed by atoms with Crippen LogP contribution in [0, 0.1) is 15.9 Å². The number of H-pyrrole nitrogens is 1. The van der Waals surface area contributed by atoms with Gasteiger partial charge in [-0.25, -0.2) is 19.3 Å². The zero-order valence-electron chi connectivity index (χ0n) is 16.7. The van der Waals surface area contributed by atoms with Crippen molar-refractivity contribution >= 4 is 50.9 Å². The fraction of sp³-hybridized carbons (Fsp3) is 0. The lowest BCUT2D eigenvalue weighted by Crippen LogP contribution is -2.12. The smallest absolute Gasteiger partial charge is 0.271 e. The molecule has 11 heteroatoms. The van der Waals surface area contributed by atoms with E-state index in [-0.39, 0.29) is 5.69 Å². The van der Waals surface area contributed by atoms with Gasteiger partial charge in [-0.15, -0.1) is 0 Å². The molecular weight excluding hydrogens is 429 g/mol. The van der Waals surface area contributed by atoms with Crippen molar-refractivity contribution < 1.29 is 14.1 Å². The molecule has 0 aliphatic heterocycles. The molecule has 0 fully saturated rings. The van der Waals surface area contributed by atoms with Gasteiger partial charge in [0.25, 0.3) is 11.6 Å². The van der Waals surface area contributed by atoms with Crippen LogP contribution in [0.4, 0.5) is 27.4 Å². The molecule has 0 unspecified atom stereocenters. The summed E-state index contributed by atoms with van der Waals surface area (Å²) in [4.78, 5) is 38.7. The molecule has 0 radical (unpaired) electrons. The topological polar surface area (TPSA) is 139 Å². The number of benzene rings is 2. The van der Waals surface area contributed by atoms with E-state index >= 15 is 0 Å². The standard InChI is InChI=1S/C22H14FN7O3/c23-13-3-1-12(2-4-13)22(31)29-18-8-5-14(10-24-18)27-21-20-19(25-11-26-21)16-7-6-15(30(32)33)9-17(16)28-20/h1-11,28H,(H,24,29,31)(H,25,26,27). The lowest BCUT2D eigenvalue weighted by Gasteiger charge is -2.08. The number of rotatable bonds is 5. The molecule has 0 spiro atoms. The zero-order valence-corrected chi connectivity index (χ0v) is 16.7. The minimum absolute atomic E-state index is 0.0287. The predicted octanol–water partition coefficient (Wildman–Crippen LogP) is 4.55. The van der Waals surface area contributed by atoms with Gasteiger partial charge in [0.15, 0.2) is 5.82 Å². The summed E-state index contributed by atoms with van der Waals surface area (Å²) < 4.78 is 13.0. The van der Waals surface area contributed by atoms with Crippen molar-refractivity contribution in [1.82, 2.24) is 19.9 Å². The van der Waals surface area contributed by atoms with Crippen LogP contribution >= 0.6 is 0 Å². The Balaban J connectivity index is 1.38. The van der Waals surface area contributed by atoms with Gasteiger partial charge in [0.05, 0.1) is 22.3 Å². The molecule has 0 bridgehead atoms. The lowest BCUT2D eigenvalue weighted by molar-refractivity contribution is -0.384. The van der Waals surface area contributed by atoms with Crippen molar-refractivity contribution in [2.24, 2.45) is 0 Å². The van der Waals surface area contributed by atoms with Gasteiger partial charge in [-0.05, 0) is 42.5 Å². The van der Waals surface area contributed by atoms with Crippen LogP contribution in [0.1, 0.15) is 10.4 Å². The maximum atomic E-state index is 13.0. The van der Waals surface area contributed by atoms with Gasteiger partial charge in [-0.3, -0.25) is 14.9 Å². The fourth-order valence-corrected chi connectivity index (χ4v) is 3.36. The molecule has 10 nitrogen and oxygen atoms in total. The van der Waals surface area contributed by atoms with Gasteiger partial charge < -0.3 is 15.6 Å². The van der Waals surface area contributed by atoms with E-state index in [4.69, 9.17) is 0 Å². The first-order valence-electron chi connectivity index (χ1n) is 9.69. The van der Waals surface area contributed by atoms with E-state index in [2.05, 4.69) is 30.6 Å². The van der Waals surface area contributed by atoms with Crippen LogP contribution in [0.25, 0.3) is 21.9 Å². The molecule has 1 amide bonds. The third kappa shape index (κ3) is 3.90. The van der Waals surface area contributed by atoms with Crippen LogP contribution in [0.5, 0.6) is 0 Å². The predicted molar refractivity (Wildman–Crippen MR) is 120 cm³/mol. The molecule has 5 aromatic rings. The van der Waals surface area contributed by atoms with Crippen molar-refractivity contribution in [3.8, 4) is 0 Å². The molecule has 3 aromatic heterocycles. The Morgan fingerprint density at radius 3 is 2.58 bits per heavy atom. The molecule has 0 aliphatic rings. The molecule has 162 valence electrons. The number of pyridine rings is 1. The zero-order chi connectivity index (χ0) is 22.9. The highest BCUT2D eigenvalue weighted by Crippen LogP contribution is 2.30. The average molecular weight is 443 g/mol. The number of carbonyl (C=O) groups excluding carboxylic acids is 1. The summed E-state index contributed by atoms with van der Waals surface area (Å²) in [6, 6.07) is 13.0. The van der Waals surface area contributed by atoms with Gasteiger partial charge in [-0.2, -0.15) is 0 Å². The Bertz CT molecular complexity index is 1520. The minimum atomic E-state index is -0.460. The van der Waals surface area contributed by atoms with Crippen molar-refractivity contribution in [3.63, 3.8) is 0 Å². The first-order valence-corrected chi connectivity index (χ1v) is 9.69. The summed E-state index contributed by atoms with van der Waals surface area (Å²) in [5, 5.41) is 17.6. The Labute approximate surface area is 184 Å². The molecule has 3 N–H and O–H groups in total. The Morgan fingerprint density at radius 2 is 1.85 bits per heavy atom. The van der Waals surface area contributed by atoms with E-state index in [9.17, 15) is 19.3 Å². The van der Waals surface area contributed by atoms with E-state index in [1.165, 1.54) is 48.9 Å². The second kappa shape index (κ2) is 7.96. The molecule has 2 aromatic carbocycles. The van der Waals surface area contributed by atoms with Gasteiger partial charge in [0.2, 0.25) is 0 Å². The number of aromatic amines is 1. The monoisotopic (exact) mass is 443 g/mol. The molecule has 5 rings (SSSR count). The summed E-state index contributed by atoms with van der Waals surface area (Å²) >= 11 is 0. The molecule has 0 atom stereocenters. The number of aromatic nitrogens is 4. The third-order valence-corrected chi connectivity index (χ3v) is 4.95. The maximum Gasteiger partial charge on any atom is 0.271 e. The molecule has 0 saturated heterocycles. The van der Waals surface area contributed by atoms with Gasteiger partial charge in [0, 0.05) is 23.1 Å². The summed E-state index contributed by atoms with van der Waals surface area (Å²) in [6.45, 7) is 0. The fourth-order valence-electron chi connectivity index (χ4n) is 3.36. The van der Waals surface area contributed by atoms with Crippen LogP contribution < -0.4 is 10.6 Å². The van der Waals surface area contributed by atoms with E-state index in [0.29, 0.717) is 39.4 Å². The number of nitro groups is 1. The van der Waals surface area contributed by atoms with Gasteiger partial charge >= 0.3 is 0 Å². The Hall–Kier alpha value is -4.93. The number of nitrogens with one attached hydrogen (secondary N) is 3. The second-order valence-corrected chi connectivity index (χ2v) is 7.08. The molecule has 33 heavy (non-hydrogen) atoms. The van der Waals surface area contributed by atoms with Crippen LogP contribution in [0.15, 0.2) is 67.1 Å². The molecule has 0 saturated carbocycles.